The van der Waals surface area contributed by atoms with Gasteiger partial charge in [0.2, 0.25) is 0 Å². The van der Waals surface area contributed by atoms with E-state index in [0.717, 1.165) is 5.75 Å². The molecule has 4 nitrogen and oxygen atoms in total. The van der Waals surface area contributed by atoms with Crippen molar-refractivity contribution in [1.29, 1.82) is 0 Å². The molecule has 0 saturated heterocycles. The number of ether oxygens (including phenoxy) is 2. The van der Waals surface area contributed by atoms with E-state index in [1.807, 2.05) is 24.3 Å². The molecular weight excluding hydrogens is 278 g/mol. The molecule has 1 fully saturated rings. The molecule has 0 atom stereocenters. The van der Waals surface area contributed by atoms with E-state index in [0.29, 0.717) is 36.1 Å². The fourth-order valence-corrected chi connectivity index (χ4v) is 2.65. The molecule has 2 aromatic carbocycles. The van der Waals surface area contributed by atoms with Gasteiger partial charge in [-0.15, -0.1) is 0 Å². The zero-order chi connectivity index (χ0) is 14.9. The summed E-state index contributed by atoms with van der Waals surface area (Å²) in [6.45, 7) is 1.10. The Labute approximate surface area is 129 Å². The molecule has 0 unspecified atom stereocenters. The van der Waals surface area contributed by atoms with Crippen LogP contribution in [0.4, 0.5) is 5.69 Å². The summed E-state index contributed by atoms with van der Waals surface area (Å²) in [5, 5.41) is 2.90. The highest BCUT2D eigenvalue weighted by atomic mass is 16.6. The molecule has 2 aliphatic rings. The average Bonchev–Trinajstić information content (AvgIpc) is 3.40. The topological polar surface area (TPSA) is 47.6 Å². The Balaban J connectivity index is 1.48. The summed E-state index contributed by atoms with van der Waals surface area (Å²) >= 11 is 0. The predicted molar refractivity (Wildman–Crippen MR) is 83.8 cm³/mol. The maximum Gasteiger partial charge on any atom is 0.255 e. The first kappa shape index (κ1) is 13.2. The van der Waals surface area contributed by atoms with Gasteiger partial charge in [0.25, 0.3) is 5.91 Å². The smallest absolute Gasteiger partial charge is 0.255 e. The van der Waals surface area contributed by atoms with Crippen LogP contribution in [-0.2, 0) is 0 Å². The molecule has 4 heteroatoms. The fourth-order valence-electron chi connectivity index (χ4n) is 2.65. The fraction of sp³-hybridized carbons (Fsp3) is 0.278. The van der Waals surface area contributed by atoms with Gasteiger partial charge >= 0.3 is 0 Å². The van der Waals surface area contributed by atoms with Gasteiger partial charge in [-0.3, -0.25) is 4.79 Å². The minimum Gasteiger partial charge on any atom is -0.486 e. The van der Waals surface area contributed by atoms with Gasteiger partial charge in [-0.1, -0.05) is 12.1 Å². The molecule has 22 heavy (non-hydrogen) atoms. The normalized spacial score (nSPS) is 16.2. The van der Waals surface area contributed by atoms with Crippen LogP contribution in [0.3, 0.4) is 0 Å². The highest BCUT2D eigenvalue weighted by Gasteiger charge is 2.23. The molecule has 1 N–H and O–H groups in total. The second kappa shape index (κ2) is 5.37. The molecule has 0 aromatic heterocycles. The van der Waals surface area contributed by atoms with Crippen molar-refractivity contribution >= 4 is 11.6 Å². The maximum atomic E-state index is 12.3. The first-order valence-electron chi connectivity index (χ1n) is 7.60. The lowest BCUT2D eigenvalue weighted by Gasteiger charge is -2.19. The third-order valence-corrected chi connectivity index (χ3v) is 4.02. The molecule has 112 valence electrons. The van der Waals surface area contributed by atoms with Crippen molar-refractivity contribution in [3.63, 3.8) is 0 Å². The van der Waals surface area contributed by atoms with Crippen molar-refractivity contribution in [2.75, 3.05) is 18.5 Å². The van der Waals surface area contributed by atoms with E-state index >= 15 is 0 Å². The maximum absolute atomic E-state index is 12.3. The summed E-state index contributed by atoms with van der Waals surface area (Å²) in [6.07, 6.45) is 2.53. The second-order valence-electron chi connectivity index (χ2n) is 5.71. The molecule has 1 aliphatic carbocycles. The van der Waals surface area contributed by atoms with Gasteiger partial charge in [0.05, 0.1) is 0 Å². The molecule has 1 amide bonds. The van der Waals surface area contributed by atoms with Gasteiger partial charge in [-0.05, 0) is 48.6 Å². The Hall–Kier alpha value is -2.49. The van der Waals surface area contributed by atoms with Crippen LogP contribution in [0, 0.1) is 0 Å². The van der Waals surface area contributed by atoms with Crippen LogP contribution in [0.25, 0.3) is 0 Å². The standard InChI is InChI=1S/C18H17NO3/c20-18(14-5-3-13(4-6-14)12-1-2-12)19-15-7-8-16-17(11-15)22-10-9-21-16/h3-8,11-12H,1-2,9-10H2,(H,19,20). The third kappa shape index (κ3) is 2.64. The second-order valence-corrected chi connectivity index (χ2v) is 5.71. The van der Waals surface area contributed by atoms with Crippen molar-refractivity contribution in [3.8, 4) is 11.5 Å². The Kier molecular flexibility index (Phi) is 3.22. The molecule has 2 aromatic rings. The Morgan fingerprint density at radius 3 is 2.41 bits per heavy atom. The Morgan fingerprint density at radius 2 is 1.68 bits per heavy atom. The van der Waals surface area contributed by atoms with E-state index in [9.17, 15) is 4.79 Å². The first-order valence-corrected chi connectivity index (χ1v) is 7.60. The Morgan fingerprint density at radius 1 is 0.955 bits per heavy atom. The minimum absolute atomic E-state index is 0.112. The molecule has 0 bridgehead atoms. The van der Waals surface area contributed by atoms with Crippen molar-refractivity contribution in [1.82, 2.24) is 0 Å². The lowest BCUT2D eigenvalue weighted by atomic mass is 10.1. The summed E-state index contributed by atoms with van der Waals surface area (Å²) in [4.78, 5) is 12.3. The van der Waals surface area contributed by atoms with Crippen LogP contribution in [0.5, 0.6) is 11.5 Å². The highest BCUT2D eigenvalue weighted by molar-refractivity contribution is 6.04. The van der Waals surface area contributed by atoms with E-state index in [-0.39, 0.29) is 5.91 Å². The number of anilines is 1. The summed E-state index contributed by atoms with van der Waals surface area (Å²) in [5.41, 5.74) is 2.70. The summed E-state index contributed by atoms with van der Waals surface area (Å²) in [6, 6.07) is 13.3. The molecule has 1 saturated carbocycles. The number of carbonyl (C=O) groups excluding carboxylic acids is 1. The van der Waals surface area contributed by atoms with Crippen LogP contribution in [0.15, 0.2) is 42.5 Å². The van der Waals surface area contributed by atoms with Gasteiger partial charge in [0.15, 0.2) is 11.5 Å². The van der Waals surface area contributed by atoms with Crippen molar-refractivity contribution in [3.05, 3.63) is 53.6 Å². The van der Waals surface area contributed by atoms with Crippen LogP contribution in [0.1, 0.15) is 34.7 Å². The van der Waals surface area contributed by atoms with E-state index in [1.165, 1.54) is 18.4 Å². The number of benzene rings is 2. The molecule has 1 aliphatic heterocycles. The molecule has 1 heterocycles. The Bertz CT molecular complexity index is 705. The van der Waals surface area contributed by atoms with Crippen LogP contribution >= 0.6 is 0 Å². The minimum atomic E-state index is -0.112. The molecular formula is C18H17NO3. The van der Waals surface area contributed by atoms with Gasteiger partial charge < -0.3 is 14.8 Å². The van der Waals surface area contributed by atoms with E-state index < -0.39 is 0 Å². The predicted octanol–water partition coefficient (Wildman–Crippen LogP) is 3.59. The number of amides is 1. The zero-order valence-corrected chi connectivity index (χ0v) is 12.2. The van der Waals surface area contributed by atoms with Crippen LogP contribution < -0.4 is 14.8 Å². The van der Waals surface area contributed by atoms with E-state index in [2.05, 4.69) is 17.4 Å². The summed E-state index contributed by atoms with van der Waals surface area (Å²) < 4.78 is 11.0. The number of carbonyl (C=O) groups is 1. The SMILES string of the molecule is O=C(Nc1ccc2c(c1)OCCO2)c1ccc(C2CC2)cc1. The number of rotatable bonds is 3. The molecule has 4 rings (SSSR count). The van der Waals surface area contributed by atoms with Crippen molar-refractivity contribution in [2.24, 2.45) is 0 Å². The number of hydrogen-bond acceptors (Lipinski definition) is 3. The third-order valence-electron chi connectivity index (χ3n) is 4.02. The summed E-state index contributed by atoms with van der Waals surface area (Å²) in [7, 11) is 0. The molecule has 0 spiro atoms. The van der Waals surface area contributed by atoms with Gasteiger partial charge in [-0.2, -0.15) is 0 Å². The highest BCUT2D eigenvalue weighted by Crippen LogP contribution is 2.40. The van der Waals surface area contributed by atoms with Crippen molar-refractivity contribution in [2.45, 2.75) is 18.8 Å². The lowest BCUT2D eigenvalue weighted by Crippen LogP contribution is -2.16. The van der Waals surface area contributed by atoms with E-state index in [1.54, 1.807) is 6.07 Å². The largest absolute Gasteiger partial charge is 0.486 e. The van der Waals surface area contributed by atoms with Gasteiger partial charge in [0, 0.05) is 17.3 Å². The number of nitrogens with one attached hydrogen (secondary N) is 1. The van der Waals surface area contributed by atoms with Crippen LogP contribution in [-0.4, -0.2) is 19.1 Å². The number of fused-ring (bicyclic) bond motifs is 1. The average molecular weight is 295 g/mol. The summed E-state index contributed by atoms with van der Waals surface area (Å²) in [5.74, 6) is 1.99. The zero-order valence-electron chi connectivity index (χ0n) is 12.2. The van der Waals surface area contributed by atoms with Gasteiger partial charge in [-0.25, -0.2) is 0 Å². The first-order chi connectivity index (χ1) is 10.8. The number of hydrogen-bond donors (Lipinski definition) is 1. The monoisotopic (exact) mass is 295 g/mol. The van der Waals surface area contributed by atoms with Crippen LogP contribution in [0.2, 0.25) is 0 Å². The van der Waals surface area contributed by atoms with E-state index in [4.69, 9.17) is 9.47 Å². The van der Waals surface area contributed by atoms with Crippen molar-refractivity contribution < 1.29 is 14.3 Å². The van der Waals surface area contributed by atoms with Gasteiger partial charge in [0.1, 0.15) is 13.2 Å². The lowest BCUT2D eigenvalue weighted by molar-refractivity contribution is 0.102. The molecule has 0 radical (unpaired) electrons. The quantitative estimate of drug-likeness (QED) is 0.941.